The number of rotatable bonds is 3. The van der Waals surface area contributed by atoms with Crippen molar-refractivity contribution in [1.29, 1.82) is 0 Å². The maximum absolute atomic E-state index is 8.53. The molecule has 0 heterocycles. The minimum Gasteiger partial charge on any atom is -0.389 e. The Morgan fingerprint density at radius 2 is 2.29 bits per heavy atom. The fraction of sp³-hybridized carbons (Fsp3) is 1.00. The molecule has 0 aliphatic rings. The van der Waals surface area contributed by atoms with E-state index in [2.05, 4.69) is 10.7 Å². The van der Waals surface area contributed by atoms with Crippen LogP contribution in [-0.4, -0.2) is 24.4 Å². The monoisotopic (exact) mass is 106 g/mol. The van der Waals surface area contributed by atoms with Gasteiger partial charge in [-0.25, -0.2) is 5.90 Å². The van der Waals surface area contributed by atoms with Crippen LogP contribution in [0.15, 0.2) is 0 Å². The maximum atomic E-state index is 8.53. The molecule has 0 bridgehead atoms. The van der Waals surface area contributed by atoms with Crippen LogP contribution in [0.4, 0.5) is 0 Å². The van der Waals surface area contributed by atoms with Crippen molar-refractivity contribution in [3.8, 4) is 0 Å². The fourth-order valence-corrected chi connectivity index (χ4v) is 0.179. The van der Waals surface area contributed by atoms with Crippen LogP contribution in [0.1, 0.15) is 0 Å². The van der Waals surface area contributed by atoms with Crippen LogP contribution < -0.4 is 11.6 Å². The van der Waals surface area contributed by atoms with E-state index in [0.29, 0.717) is 0 Å². The van der Waals surface area contributed by atoms with Crippen molar-refractivity contribution >= 4 is 0 Å². The van der Waals surface area contributed by atoms with Crippen molar-refractivity contribution in [2.75, 3.05) is 13.2 Å². The van der Waals surface area contributed by atoms with Crippen LogP contribution in [0.3, 0.4) is 0 Å². The summed E-state index contributed by atoms with van der Waals surface area (Å²) >= 11 is 0. The molecular formula is C3H10N2O2. The molecule has 0 amide bonds. The average Bonchev–Trinajstić information content (AvgIpc) is 1.68. The van der Waals surface area contributed by atoms with E-state index in [1.165, 1.54) is 0 Å². The molecule has 0 fully saturated rings. The Labute approximate surface area is 42.0 Å². The maximum Gasteiger partial charge on any atom is 0.0951 e. The van der Waals surface area contributed by atoms with Gasteiger partial charge in [0.1, 0.15) is 0 Å². The molecular weight excluding hydrogens is 96.0 g/mol. The third kappa shape index (κ3) is 3.68. The molecule has 0 saturated heterocycles. The van der Waals surface area contributed by atoms with E-state index >= 15 is 0 Å². The molecule has 44 valence electrons. The van der Waals surface area contributed by atoms with E-state index in [0.717, 1.165) is 0 Å². The zero-order valence-electron chi connectivity index (χ0n) is 4.00. The zero-order valence-corrected chi connectivity index (χ0v) is 4.00. The van der Waals surface area contributed by atoms with Gasteiger partial charge in [-0.2, -0.15) is 0 Å². The highest BCUT2D eigenvalue weighted by Gasteiger charge is 1.96. The van der Waals surface area contributed by atoms with Gasteiger partial charge in [0.2, 0.25) is 0 Å². The van der Waals surface area contributed by atoms with E-state index < -0.39 is 6.10 Å². The van der Waals surface area contributed by atoms with Crippen LogP contribution in [0.25, 0.3) is 0 Å². The van der Waals surface area contributed by atoms with Crippen LogP contribution in [0.2, 0.25) is 0 Å². The summed E-state index contributed by atoms with van der Waals surface area (Å²) in [6.45, 7) is 0.299. The molecule has 0 spiro atoms. The van der Waals surface area contributed by atoms with Crippen LogP contribution in [0.5, 0.6) is 0 Å². The predicted molar refractivity (Wildman–Crippen MR) is 25.2 cm³/mol. The lowest BCUT2D eigenvalue weighted by molar-refractivity contribution is 0.0413. The third-order valence-corrected chi connectivity index (χ3v) is 0.561. The van der Waals surface area contributed by atoms with E-state index in [9.17, 15) is 0 Å². The lowest BCUT2D eigenvalue weighted by Crippen LogP contribution is -2.26. The number of hydrogen-bond acceptors (Lipinski definition) is 4. The SMILES string of the molecule is NC[C@H](O)CON. The van der Waals surface area contributed by atoms with Gasteiger partial charge in [0.15, 0.2) is 0 Å². The summed E-state index contributed by atoms with van der Waals surface area (Å²) in [5.41, 5.74) is 4.97. The van der Waals surface area contributed by atoms with Gasteiger partial charge in [0, 0.05) is 6.54 Å². The molecule has 0 radical (unpaired) electrons. The number of aliphatic hydroxyl groups is 1. The molecule has 4 heteroatoms. The molecule has 0 saturated carbocycles. The van der Waals surface area contributed by atoms with Gasteiger partial charge in [-0.1, -0.05) is 0 Å². The lowest BCUT2D eigenvalue weighted by atomic mass is 10.4. The Morgan fingerprint density at radius 1 is 1.71 bits per heavy atom. The first-order chi connectivity index (χ1) is 3.31. The van der Waals surface area contributed by atoms with Gasteiger partial charge in [-0.15, -0.1) is 0 Å². The summed E-state index contributed by atoms with van der Waals surface area (Å²) in [6, 6.07) is 0. The van der Waals surface area contributed by atoms with E-state index in [1.807, 2.05) is 0 Å². The molecule has 0 unspecified atom stereocenters. The molecule has 0 aliphatic carbocycles. The minimum atomic E-state index is -0.620. The van der Waals surface area contributed by atoms with E-state index in [4.69, 9.17) is 10.8 Å². The van der Waals surface area contributed by atoms with Crippen molar-refractivity contribution in [3.63, 3.8) is 0 Å². The molecule has 5 N–H and O–H groups in total. The Kier molecular flexibility index (Phi) is 3.92. The highest BCUT2D eigenvalue weighted by molar-refractivity contribution is 4.49. The highest BCUT2D eigenvalue weighted by Crippen LogP contribution is 1.73. The van der Waals surface area contributed by atoms with Crippen molar-refractivity contribution in [2.24, 2.45) is 11.6 Å². The molecule has 1 atom stereocenters. The largest absolute Gasteiger partial charge is 0.389 e. The summed E-state index contributed by atoms with van der Waals surface area (Å²) in [5.74, 6) is 4.59. The summed E-state index contributed by atoms with van der Waals surface area (Å²) in [7, 11) is 0. The van der Waals surface area contributed by atoms with Crippen molar-refractivity contribution in [1.82, 2.24) is 0 Å². The quantitative estimate of drug-likeness (QED) is 0.371. The Balaban J connectivity index is 2.83. The first-order valence-electron chi connectivity index (χ1n) is 2.01. The Bertz CT molecular complexity index is 41.9. The summed E-state index contributed by atoms with van der Waals surface area (Å²) < 4.78 is 0. The van der Waals surface area contributed by atoms with Gasteiger partial charge < -0.3 is 15.7 Å². The molecule has 0 aromatic heterocycles. The minimum absolute atomic E-state index is 0.108. The lowest BCUT2D eigenvalue weighted by Gasteiger charge is -2.02. The smallest absolute Gasteiger partial charge is 0.0951 e. The molecule has 7 heavy (non-hydrogen) atoms. The average molecular weight is 106 g/mol. The van der Waals surface area contributed by atoms with Crippen molar-refractivity contribution < 1.29 is 9.94 Å². The fourth-order valence-electron chi connectivity index (χ4n) is 0.179. The topological polar surface area (TPSA) is 81.5 Å². The van der Waals surface area contributed by atoms with Gasteiger partial charge in [0.05, 0.1) is 12.7 Å². The highest BCUT2D eigenvalue weighted by atomic mass is 16.6. The summed E-state index contributed by atoms with van der Waals surface area (Å²) in [5, 5.41) is 8.53. The van der Waals surface area contributed by atoms with E-state index in [-0.39, 0.29) is 13.2 Å². The normalized spacial score (nSPS) is 14.1. The zero-order chi connectivity index (χ0) is 5.70. The van der Waals surface area contributed by atoms with Crippen molar-refractivity contribution in [3.05, 3.63) is 0 Å². The first kappa shape index (κ1) is 6.84. The predicted octanol–water partition coefficient (Wildman–Crippen LogP) is -1.80. The molecule has 0 aliphatic heterocycles. The van der Waals surface area contributed by atoms with Gasteiger partial charge in [0.25, 0.3) is 0 Å². The van der Waals surface area contributed by atoms with Gasteiger partial charge >= 0.3 is 0 Å². The van der Waals surface area contributed by atoms with Crippen LogP contribution >= 0.6 is 0 Å². The molecule has 0 aromatic rings. The summed E-state index contributed by atoms with van der Waals surface area (Å²) in [4.78, 5) is 4.06. The van der Waals surface area contributed by atoms with Gasteiger partial charge in [-0.3, -0.25) is 0 Å². The Hall–Kier alpha value is -0.160. The number of aliphatic hydroxyl groups excluding tert-OH is 1. The van der Waals surface area contributed by atoms with Crippen molar-refractivity contribution in [2.45, 2.75) is 6.10 Å². The standard InChI is InChI=1S/C3H10N2O2/c4-1-3(6)2-7-5/h3,6H,1-2,4-5H2/t3-/m0/s1. The second kappa shape index (κ2) is 4.01. The van der Waals surface area contributed by atoms with Crippen LogP contribution in [-0.2, 0) is 4.84 Å². The molecule has 0 aromatic carbocycles. The third-order valence-electron chi connectivity index (χ3n) is 0.561. The van der Waals surface area contributed by atoms with Gasteiger partial charge in [-0.05, 0) is 0 Å². The number of hydrogen-bond donors (Lipinski definition) is 3. The number of nitrogens with two attached hydrogens (primary N) is 2. The molecule has 0 rings (SSSR count). The van der Waals surface area contributed by atoms with Crippen LogP contribution in [0, 0.1) is 0 Å². The first-order valence-corrected chi connectivity index (χ1v) is 2.01. The molecule has 4 nitrogen and oxygen atoms in total. The second-order valence-corrected chi connectivity index (χ2v) is 1.22. The summed E-state index contributed by atoms with van der Waals surface area (Å²) in [6.07, 6.45) is -0.620. The van der Waals surface area contributed by atoms with E-state index in [1.54, 1.807) is 0 Å². The Morgan fingerprint density at radius 3 is 2.43 bits per heavy atom. The second-order valence-electron chi connectivity index (χ2n) is 1.22.